The highest BCUT2D eigenvalue weighted by molar-refractivity contribution is 5.94. The molecule has 1 aliphatic carbocycles. The van der Waals surface area contributed by atoms with E-state index >= 15 is 0 Å². The van der Waals surface area contributed by atoms with E-state index in [1.54, 1.807) is 0 Å². The Hall–Kier alpha value is -3.15. The summed E-state index contributed by atoms with van der Waals surface area (Å²) in [6.07, 6.45) is 6.40. The highest BCUT2D eigenvalue weighted by Gasteiger charge is 2.23. The van der Waals surface area contributed by atoms with Gasteiger partial charge in [0.1, 0.15) is 12.4 Å². The molecular weight excluding hydrogens is 400 g/mol. The second-order valence-corrected chi connectivity index (χ2v) is 8.77. The van der Waals surface area contributed by atoms with Crippen LogP contribution in [0.15, 0.2) is 48.5 Å². The Kier molecular flexibility index (Phi) is 6.88. The van der Waals surface area contributed by atoms with Crippen molar-refractivity contribution < 1.29 is 9.59 Å². The predicted molar refractivity (Wildman–Crippen MR) is 127 cm³/mol. The number of imidazole rings is 1. The van der Waals surface area contributed by atoms with Gasteiger partial charge in [0.25, 0.3) is 5.91 Å². The minimum absolute atomic E-state index is 0.0931. The topological polar surface area (TPSA) is 67.2 Å². The summed E-state index contributed by atoms with van der Waals surface area (Å²) in [5.41, 5.74) is 3.54. The number of carbonyl (C=O) groups excluding carboxylic acids is 2. The zero-order valence-electron chi connectivity index (χ0n) is 19.0. The second-order valence-electron chi connectivity index (χ2n) is 8.77. The number of benzene rings is 2. The molecule has 1 aromatic heterocycles. The van der Waals surface area contributed by atoms with Crippen molar-refractivity contribution in [3.8, 4) is 0 Å². The fraction of sp³-hybridized carbons (Fsp3) is 0.423. The molecule has 0 radical (unpaired) electrons. The van der Waals surface area contributed by atoms with Gasteiger partial charge in [0.2, 0.25) is 5.91 Å². The summed E-state index contributed by atoms with van der Waals surface area (Å²) in [5, 5.41) is 2.99. The summed E-state index contributed by atoms with van der Waals surface area (Å²) in [6, 6.07) is 15.8. The van der Waals surface area contributed by atoms with E-state index in [4.69, 9.17) is 4.98 Å². The third-order valence-electron chi connectivity index (χ3n) is 6.46. The molecule has 32 heavy (non-hydrogen) atoms. The molecule has 1 saturated carbocycles. The summed E-state index contributed by atoms with van der Waals surface area (Å²) >= 11 is 0. The SMILES string of the molecule is Cc1cccc(C(=O)NCCc2nc3ccccc3n2CC(=O)N(C)C2CCCCC2)c1. The van der Waals surface area contributed by atoms with Crippen LogP contribution in [0.3, 0.4) is 0 Å². The fourth-order valence-corrected chi connectivity index (χ4v) is 4.59. The third-order valence-corrected chi connectivity index (χ3v) is 6.46. The molecule has 6 nitrogen and oxygen atoms in total. The number of nitrogens with one attached hydrogen (secondary N) is 1. The van der Waals surface area contributed by atoms with Crippen LogP contribution in [0.1, 0.15) is 53.8 Å². The number of likely N-dealkylation sites (N-methyl/N-ethyl adjacent to an activating group) is 1. The van der Waals surface area contributed by atoms with E-state index in [1.807, 2.05) is 72.0 Å². The largest absolute Gasteiger partial charge is 0.352 e. The zero-order valence-corrected chi connectivity index (χ0v) is 19.0. The normalized spacial score (nSPS) is 14.4. The van der Waals surface area contributed by atoms with Gasteiger partial charge in [-0.25, -0.2) is 4.98 Å². The Morgan fingerprint density at radius 1 is 1.09 bits per heavy atom. The van der Waals surface area contributed by atoms with Crippen molar-refractivity contribution in [2.24, 2.45) is 0 Å². The van der Waals surface area contributed by atoms with Gasteiger partial charge in [-0.1, -0.05) is 49.1 Å². The molecule has 4 rings (SSSR count). The predicted octanol–water partition coefficient (Wildman–Crippen LogP) is 4.11. The Balaban J connectivity index is 1.46. The van der Waals surface area contributed by atoms with Gasteiger partial charge >= 0.3 is 0 Å². The number of fused-ring (bicyclic) bond motifs is 1. The number of aryl methyl sites for hydroxylation is 1. The van der Waals surface area contributed by atoms with Gasteiger partial charge in [0, 0.05) is 31.6 Å². The van der Waals surface area contributed by atoms with Gasteiger partial charge in [-0.3, -0.25) is 9.59 Å². The maximum absolute atomic E-state index is 13.1. The summed E-state index contributed by atoms with van der Waals surface area (Å²) in [5.74, 6) is 0.843. The lowest BCUT2D eigenvalue weighted by Crippen LogP contribution is -2.40. The molecule has 0 bridgehead atoms. The molecule has 0 aliphatic heterocycles. The molecule has 1 heterocycles. The van der Waals surface area contributed by atoms with Crippen molar-refractivity contribution in [2.45, 2.75) is 58.0 Å². The lowest BCUT2D eigenvalue weighted by molar-refractivity contribution is -0.133. The summed E-state index contributed by atoms with van der Waals surface area (Å²) in [6.45, 7) is 2.71. The van der Waals surface area contributed by atoms with Crippen LogP contribution in [0.4, 0.5) is 0 Å². The fourth-order valence-electron chi connectivity index (χ4n) is 4.59. The number of hydrogen-bond donors (Lipinski definition) is 1. The molecular formula is C26H32N4O2. The average molecular weight is 433 g/mol. The quantitative estimate of drug-likeness (QED) is 0.611. The van der Waals surface area contributed by atoms with Crippen molar-refractivity contribution in [2.75, 3.05) is 13.6 Å². The summed E-state index contributed by atoms with van der Waals surface area (Å²) in [7, 11) is 1.93. The number of carbonyl (C=O) groups is 2. The van der Waals surface area contributed by atoms with Gasteiger partial charge in [-0.05, 0) is 44.0 Å². The first-order chi connectivity index (χ1) is 15.5. The summed E-state index contributed by atoms with van der Waals surface area (Å²) < 4.78 is 2.01. The molecule has 0 atom stereocenters. The van der Waals surface area contributed by atoms with Gasteiger partial charge in [0.05, 0.1) is 11.0 Å². The van der Waals surface area contributed by atoms with Gasteiger partial charge in [-0.15, -0.1) is 0 Å². The van der Waals surface area contributed by atoms with E-state index in [-0.39, 0.29) is 18.4 Å². The van der Waals surface area contributed by atoms with E-state index in [1.165, 1.54) is 19.3 Å². The van der Waals surface area contributed by atoms with Crippen LogP contribution in [0, 0.1) is 6.92 Å². The van der Waals surface area contributed by atoms with E-state index in [0.717, 1.165) is 35.3 Å². The Morgan fingerprint density at radius 3 is 2.66 bits per heavy atom. The van der Waals surface area contributed by atoms with E-state index in [9.17, 15) is 9.59 Å². The molecule has 0 saturated heterocycles. The maximum Gasteiger partial charge on any atom is 0.251 e. The first-order valence-electron chi connectivity index (χ1n) is 11.6. The molecule has 2 amide bonds. The number of aromatic nitrogens is 2. The van der Waals surface area contributed by atoms with Crippen LogP contribution in [0.2, 0.25) is 0 Å². The molecule has 1 aliphatic rings. The standard InChI is InChI=1S/C26H32N4O2/c1-19-9-8-10-20(17-19)26(32)27-16-15-24-28-22-13-6-7-14-23(22)30(24)18-25(31)29(2)21-11-4-3-5-12-21/h6-10,13-14,17,21H,3-5,11-12,15-16,18H2,1-2H3,(H,27,32). The van der Waals surface area contributed by atoms with Gasteiger partial charge in [-0.2, -0.15) is 0 Å². The molecule has 6 heteroatoms. The molecule has 1 fully saturated rings. The van der Waals surface area contributed by atoms with E-state index in [2.05, 4.69) is 5.32 Å². The minimum atomic E-state index is -0.0931. The smallest absolute Gasteiger partial charge is 0.251 e. The minimum Gasteiger partial charge on any atom is -0.352 e. The number of nitrogens with zero attached hydrogens (tertiary/aromatic N) is 3. The Labute approximate surface area is 189 Å². The van der Waals surface area contributed by atoms with Crippen LogP contribution in [-0.4, -0.2) is 45.9 Å². The van der Waals surface area contributed by atoms with Crippen molar-refractivity contribution in [3.63, 3.8) is 0 Å². The lowest BCUT2D eigenvalue weighted by Gasteiger charge is -2.31. The maximum atomic E-state index is 13.1. The van der Waals surface area contributed by atoms with Crippen molar-refractivity contribution in [1.29, 1.82) is 0 Å². The van der Waals surface area contributed by atoms with Crippen molar-refractivity contribution >= 4 is 22.8 Å². The highest BCUT2D eigenvalue weighted by atomic mass is 16.2. The van der Waals surface area contributed by atoms with Crippen LogP contribution in [0.25, 0.3) is 11.0 Å². The lowest BCUT2D eigenvalue weighted by atomic mass is 9.94. The molecule has 2 aromatic carbocycles. The molecule has 1 N–H and O–H groups in total. The van der Waals surface area contributed by atoms with E-state index in [0.29, 0.717) is 24.6 Å². The number of para-hydroxylation sites is 2. The summed E-state index contributed by atoms with van der Waals surface area (Å²) in [4.78, 5) is 32.3. The molecule has 0 spiro atoms. The average Bonchev–Trinajstić information content (AvgIpc) is 3.16. The van der Waals surface area contributed by atoms with Gasteiger partial charge in [0.15, 0.2) is 0 Å². The molecule has 168 valence electrons. The highest BCUT2D eigenvalue weighted by Crippen LogP contribution is 2.23. The van der Waals surface area contributed by atoms with Crippen LogP contribution in [-0.2, 0) is 17.8 Å². The molecule has 0 unspecified atom stereocenters. The Bertz CT molecular complexity index is 1100. The van der Waals surface area contributed by atoms with Crippen LogP contribution in [0.5, 0.6) is 0 Å². The second kappa shape index (κ2) is 9.98. The molecule has 3 aromatic rings. The van der Waals surface area contributed by atoms with Crippen molar-refractivity contribution in [1.82, 2.24) is 19.8 Å². The first-order valence-corrected chi connectivity index (χ1v) is 11.6. The van der Waals surface area contributed by atoms with Crippen LogP contribution < -0.4 is 5.32 Å². The number of rotatable bonds is 7. The van der Waals surface area contributed by atoms with E-state index < -0.39 is 0 Å². The monoisotopic (exact) mass is 432 g/mol. The first kappa shape index (κ1) is 22.1. The zero-order chi connectivity index (χ0) is 22.5. The third kappa shape index (κ3) is 5.01. The number of amides is 2. The van der Waals surface area contributed by atoms with Crippen LogP contribution >= 0.6 is 0 Å². The Morgan fingerprint density at radius 2 is 1.88 bits per heavy atom. The van der Waals surface area contributed by atoms with Gasteiger partial charge < -0.3 is 14.8 Å². The van der Waals surface area contributed by atoms with Crippen molar-refractivity contribution in [3.05, 3.63) is 65.5 Å². The number of hydrogen-bond acceptors (Lipinski definition) is 3.